The number of carbonyl (C=O) groups excluding carboxylic acids is 1. The average Bonchev–Trinajstić information content (AvgIpc) is 3.32. The number of nitrogens with zero attached hydrogens (tertiary/aromatic N) is 6. The Morgan fingerprint density at radius 3 is 2.61 bits per heavy atom. The molecule has 33 heavy (non-hydrogen) atoms. The normalized spacial score (nSPS) is 14.4. The maximum Gasteiger partial charge on any atom is 0.338 e. The fourth-order valence-electron chi connectivity index (χ4n) is 3.85. The number of fused-ring (bicyclic) bond motifs is 1. The van der Waals surface area contributed by atoms with E-state index in [2.05, 4.69) is 30.2 Å². The van der Waals surface area contributed by atoms with Gasteiger partial charge in [0.2, 0.25) is 11.3 Å². The Morgan fingerprint density at radius 2 is 1.85 bits per heavy atom. The molecule has 10 heteroatoms. The summed E-state index contributed by atoms with van der Waals surface area (Å²) >= 11 is 0. The lowest BCUT2D eigenvalue weighted by Gasteiger charge is -2.33. The molecule has 1 aliphatic rings. The summed E-state index contributed by atoms with van der Waals surface area (Å²) in [6.07, 6.45) is 5.18. The average molecular weight is 446 g/mol. The molecule has 0 N–H and O–H groups in total. The van der Waals surface area contributed by atoms with Crippen LogP contribution >= 0.6 is 0 Å². The lowest BCUT2D eigenvalue weighted by atomic mass is 10.0. The van der Waals surface area contributed by atoms with Crippen molar-refractivity contribution in [3.63, 3.8) is 0 Å². The fraction of sp³-hybridized carbons (Fsp3) is 0.304. The molecule has 3 aromatic heterocycles. The number of ether oxygens (including phenoxy) is 2. The smallest absolute Gasteiger partial charge is 0.338 e. The summed E-state index contributed by atoms with van der Waals surface area (Å²) in [6, 6.07) is 10.9. The Kier molecular flexibility index (Phi) is 5.79. The number of carbonyl (C=O) groups is 1. The van der Waals surface area contributed by atoms with Gasteiger partial charge in [-0.1, -0.05) is 12.1 Å². The number of hydrogen-bond acceptors (Lipinski definition) is 10. The van der Waals surface area contributed by atoms with E-state index in [1.54, 1.807) is 37.5 Å². The number of hydrogen-bond donors (Lipinski definition) is 0. The third-order valence-corrected chi connectivity index (χ3v) is 5.44. The van der Waals surface area contributed by atoms with Crippen LogP contribution in [-0.4, -0.2) is 57.0 Å². The van der Waals surface area contributed by atoms with E-state index >= 15 is 0 Å². The van der Waals surface area contributed by atoms with E-state index in [0.717, 1.165) is 37.2 Å². The Labute approximate surface area is 189 Å². The molecular weight excluding hydrogens is 424 g/mol. The summed E-state index contributed by atoms with van der Waals surface area (Å²) in [5.41, 5.74) is 2.45. The molecule has 4 heterocycles. The number of esters is 1. The second kappa shape index (κ2) is 9.19. The summed E-state index contributed by atoms with van der Waals surface area (Å²) in [7, 11) is 0. The molecule has 0 radical (unpaired) electrons. The van der Waals surface area contributed by atoms with E-state index in [1.165, 1.54) is 0 Å². The fourth-order valence-corrected chi connectivity index (χ4v) is 3.85. The lowest BCUT2D eigenvalue weighted by molar-refractivity contribution is 0.0526. The van der Waals surface area contributed by atoms with Crippen LogP contribution in [0.1, 0.15) is 30.1 Å². The van der Waals surface area contributed by atoms with E-state index in [1.807, 2.05) is 18.2 Å². The highest BCUT2D eigenvalue weighted by atomic mass is 16.6. The molecule has 1 aliphatic heterocycles. The second-order valence-electron chi connectivity index (χ2n) is 7.60. The van der Waals surface area contributed by atoms with Crippen LogP contribution in [0.2, 0.25) is 0 Å². The number of rotatable bonds is 6. The highest BCUT2D eigenvalue weighted by molar-refractivity contribution is 5.91. The molecule has 0 atom stereocenters. The minimum absolute atomic E-state index is 0.102. The minimum atomic E-state index is -0.382. The quantitative estimate of drug-likeness (QED) is 0.408. The Bertz CT molecular complexity index is 1250. The first-order chi connectivity index (χ1) is 16.2. The predicted octanol–water partition coefficient (Wildman–Crippen LogP) is 3.30. The number of aromatic nitrogens is 5. The maximum atomic E-state index is 12.2. The van der Waals surface area contributed by atoms with Crippen molar-refractivity contribution in [2.75, 3.05) is 24.6 Å². The van der Waals surface area contributed by atoms with Crippen LogP contribution in [0, 0.1) is 0 Å². The molecule has 5 rings (SSSR count). The zero-order valence-corrected chi connectivity index (χ0v) is 18.0. The van der Waals surface area contributed by atoms with Gasteiger partial charge in [-0.15, -0.1) is 0 Å². The summed E-state index contributed by atoms with van der Waals surface area (Å²) in [5, 5.41) is 7.70. The molecule has 1 aromatic carbocycles. The van der Waals surface area contributed by atoms with E-state index in [-0.39, 0.29) is 12.1 Å². The molecular formula is C23H22N6O4. The first-order valence-electron chi connectivity index (χ1n) is 10.8. The first kappa shape index (κ1) is 20.8. The largest absolute Gasteiger partial charge is 0.490 e. The number of piperidine rings is 1. The second-order valence-corrected chi connectivity index (χ2v) is 7.60. The van der Waals surface area contributed by atoms with Gasteiger partial charge in [-0.2, -0.15) is 0 Å². The zero-order valence-electron chi connectivity index (χ0n) is 18.0. The molecule has 0 aliphatic carbocycles. The molecule has 0 unspecified atom stereocenters. The van der Waals surface area contributed by atoms with Crippen LogP contribution in [-0.2, 0) is 4.74 Å². The summed E-state index contributed by atoms with van der Waals surface area (Å²) < 4.78 is 16.1. The predicted molar refractivity (Wildman–Crippen MR) is 119 cm³/mol. The van der Waals surface area contributed by atoms with E-state index < -0.39 is 0 Å². The van der Waals surface area contributed by atoms with Crippen LogP contribution in [0.4, 0.5) is 5.82 Å². The van der Waals surface area contributed by atoms with Crippen LogP contribution in [0.3, 0.4) is 0 Å². The van der Waals surface area contributed by atoms with Crippen molar-refractivity contribution in [3.8, 4) is 17.0 Å². The van der Waals surface area contributed by atoms with Gasteiger partial charge in [-0.05, 0) is 41.5 Å². The molecule has 1 saturated heterocycles. The maximum absolute atomic E-state index is 12.2. The highest BCUT2D eigenvalue weighted by Crippen LogP contribution is 2.32. The topological polar surface area (TPSA) is 116 Å². The molecule has 0 saturated carbocycles. The van der Waals surface area contributed by atoms with Gasteiger partial charge in [0, 0.05) is 43.9 Å². The van der Waals surface area contributed by atoms with Gasteiger partial charge in [-0.3, -0.25) is 4.98 Å². The minimum Gasteiger partial charge on any atom is -0.490 e. The lowest BCUT2D eigenvalue weighted by Crippen LogP contribution is -2.39. The third kappa shape index (κ3) is 4.45. The van der Waals surface area contributed by atoms with E-state index in [4.69, 9.17) is 14.1 Å². The SMILES string of the molecule is CCOC(=O)c1cccc(-c2nc3nonc3nc2N2CCC(Oc3ccncc3)CC2)c1. The van der Waals surface area contributed by atoms with Crippen molar-refractivity contribution in [1.82, 2.24) is 25.3 Å². The van der Waals surface area contributed by atoms with Crippen molar-refractivity contribution < 1.29 is 18.9 Å². The van der Waals surface area contributed by atoms with Crippen molar-refractivity contribution in [1.29, 1.82) is 0 Å². The molecule has 4 aromatic rings. The molecule has 1 fully saturated rings. The summed E-state index contributed by atoms with van der Waals surface area (Å²) in [6.45, 7) is 3.54. The first-order valence-corrected chi connectivity index (χ1v) is 10.8. The number of pyridine rings is 1. The van der Waals surface area contributed by atoms with Crippen molar-refractivity contribution >= 4 is 23.1 Å². The van der Waals surface area contributed by atoms with Crippen LogP contribution < -0.4 is 9.64 Å². The monoisotopic (exact) mass is 446 g/mol. The number of anilines is 1. The van der Waals surface area contributed by atoms with Gasteiger partial charge in [0.05, 0.1) is 12.2 Å². The van der Waals surface area contributed by atoms with Crippen molar-refractivity contribution in [2.45, 2.75) is 25.9 Å². The molecule has 0 amide bonds. The molecule has 0 spiro atoms. The van der Waals surface area contributed by atoms with Gasteiger partial charge in [0.25, 0.3) is 0 Å². The highest BCUT2D eigenvalue weighted by Gasteiger charge is 2.26. The summed E-state index contributed by atoms with van der Waals surface area (Å²) in [5.74, 6) is 1.10. The van der Waals surface area contributed by atoms with Crippen molar-refractivity contribution in [2.24, 2.45) is 0 Å². The van der Waals surface area contributed by atoms with Gasteiger partial charge in [0.1, 0.15) is 17.5 Å². The van der Waals surface area contributed by atoms with Gasteiger partial charge in [-0.25, -0.2) is 19.4 Å². The van der Waals surface area contributed by atoms with Crippen LogP contribution in [0.15, 0.2) is 53.4 Å². The molecule has 0 bridgehead atoms. The summed E-state index contributed by atoms with van der Waals surface area (Å²) in [4.78, 5) is 27.8. The standard InChI is InChI=1S/C23H22N6O4/c1-2-31-23(30)16-5-3-4-15(14-16)19-22(26-21-20(25-19)27-33-28-21)29-12-8-18(9-13-29)32-17-6-10-24-11-7-17/h3-7,10-11,14,18H,2,8-9,12-13H2,1H3. The van der Waals surface area contributed by atoms with Gasteiger partial charge < -0.3 is 14.4 Å². The zero-order chi connectivity index (χ0) is 22.6. The Hall–Kier alpha value is -4.08. The third-order valence-electron chi connectivity index (χ3n) is 5.44. The van der Waals surface area contributed by atoms with Crippen LogP contribution in [0.25, 0.3) is 22.6 Å². The van der Waals surface area contributed by atoms with Gasteiger partial charge in [0.15, 0.2) is 5.82 Å². The van der Waals surface area contributed by atoms with E-state index in [9.17, 15) is 4.79 Å². The Balaban J connectivity index is 1.42. The van der Waals surface area contributed by atoms with Crippen molar-refractivity contribution in [3.05, 3.63) is 54.4 Å². The van der Waals surface area contributed by atoms with E-state index in [0.29, 0.717) is 35.0 Å². The van der Waals surface area contributed by atoms with Crippen LogP contribution in [0.5, 0.6) is 5.75 Å². The number of benzene rings is 1. The molecule has 168 valence electrons. The van der Waals surface area contributed by atoms with Gasteiger partial charge >= 0.3 is 5.97 Å². The molecule has 10 nitrogen and oxygen atoms in total. The Morgan fingerprint density at radius 1 is 1.09 bits per heavy atom.